The summed E-state index contributed by atoms with van der Waals surface area (Å²) in [5, 5.41) is 20.4. The molecular weight excluding hydrogens is 536 g/mol. The van der Waals surface area contributed by atoms with Gasteiger partial charge in [-0.1, -0.05) is 0 Å². The number of thiazole rings is 1. The van der Waals surface area contributed by atoms with Gasteiger partial charge in [0, 0.05) is 0 Å². The van der Waals surface area contributed by atoms with Crippen molar-refractivity contribution in [3.8, 4) is 46.6 Å². The maximum absolute atomic E-state index is 13.6. The molecule has 0 saturated carbocycles. The molecule has 0 unspecified atom stereocenters. The van der Waals surface area contributed by atoms with E-state index in [-0.39, 0.29) is 21.5 Å². The van der Waals surface area contributed by atoms with Gasteiger partial charge in [-0.25, -0.2) is 0 Å². The van der Waals surface area contributed by atoms with Crippen molar-refractivity contribution < 1.29 is 28.4 Å². The first-order valence-corrected chi connectivity index (χ1v) is 12.5. The van der Waals surface area contributed by atoms with Gasteiger partial charge < -0.3 is 34.2 Å². The predicted molar refractivity (Wildman–Crippen MR) is 148 cm³/mol. The molecule has 0 amide bonds. The van der Waals surface area contributed by atoms with Crippen LogP contribution in [-0.2, 0) is 0 Å². The van der Waals surface area contributed by atoms with Crippen LogP contribution in [0.15, 0.2) is 34.6 Å². The molecule has 0 spiro atoms. The van der Waals surface area contributed by atoms with E-state index in [0.717, 1.165) is 11.3 Å². The maximum atomic E-state index is 13.6. The molecule has 0 radical (unpaired) electrons. The van der Waals surface area contributed by atoms with Gasteiger partial charge in [-0.15, -0.1) is 11.3 Å². The molecule has 0 aliphatic carbocycles. The lowest BCUT2D eigenvalue weighted by Gasteiger charge is -2.24. The van der Waals surface area contributed by atoms with Gasteiger partial charge in [0.05, 0.1) is 76.4 Å². The highest BCUT2D eigenvalue weighted by Crippen LogP contribution is 2.44. The molecule has 40 heavy (non-hydrogen) atoms. The molecule has 206 valence electrons. The van der Waals surface area contributed by atoms with Crippen LogP contribution in [-0.4, -0.2) is 47.2 Å². The molecular formula is C28H26N4O7S. The van der Waals surface area contributed by atoms with Gasteiger partial charge in [0.2, 0.25) is 11.5 Å². The van der Waals surface area contributed by atoms with E-state index in [9.17, 15) is 15.3 Å². The smallest absolute Gasteiger partial charge is 0.274 e. The summed E-state index contributed by atoms with van der Waals surface area (Å²) in [5.74, 6) is 1.32. The van der Waals surface area contributed by atoms with Crippen LogP contribution in [0, 0.1) is 22.7 Å². The summed E-state index contributed by atoms with van der Waals surface area (Å²) in [5.41, 5.74) is 7.26. The van der Waals surface area contributed by atoms with Crippen LogP contribution in [0.25, 0.3) is 17.5 Å². The second-order valence-electron chi connectivity index (χ2n) is 8.34. The highest BCUT2D eigenvalue weighted by atomic mass is 32.1. The topological polar surface area (TPSA) is 151 Å². The minimum Gasteiger partial charge on any atom is -0.493 e. The number of hydrogen-bond donors (Lipinski definition) is 1. The number of rotatable bonds is 8. The number of nitrogens with two attached hydrogens (primary N) is 1. The fraction of sp³-hybridized carbons (Fsp3) is 0.250. The summed E-state index contributed by atoms with van der Waals surface area (Å²) >= 11 is 1.08. The summed E-state index contributed by atoms with van der Waals surface area (Å²) in [4.78, 5) is 13.6. The molecule has 12 heteroatoms. The Bertz CT molecular complexity index is 1740. The van der Waals surface area contributed by atoms with E-state index in [1.165, 1.54) is 47.2 Å². The molecule has 0 saturated heterocycles. The van der Waals surface area contributed by atoms with E-state index < -0.39 is 11.5 Å². The van der Waals surface area contributed by atoms with E-state index in [2.05, 4.69) is 12.1 Å². The predicted octanol–water partition coefficient (Wildman–Crippen LogP) is 1.91. The molecule has 11 nitrogen and oxygen atoms in total. The molecule has 4 rings (SSSR count). The maximum Gasteiger partial charge on any atom is 0.274 e. The fourth-order valence-electron chi connectivity index (χ4n) is 4.59. The van der Waals surface area contributed by atoms with Crippen molar-refractivity contribution >= 4 is 28.8 Å². The average molecular weight is 563 g/mol. The first kappa shape index (κ1) is 28.0. The van der Waals surface area contributed by atoms with Crippen LogP contribution in [0.4, 0.5) is 0 Å². The van der Waals surface area contributed by atoms with Crippen molar-refractivity contribution in [3.05, 3.63) is 60.5 Å². The van der Waals surface area contributed by atoms with Crippen molar-refractivity contribution in [2.75, 3.05) is 42.7 Å². The Kier molecular flexibility index (Phi) is 7.93. The van der Waals surface area contributed by atoms with Crippen LogP contribution >= 0.6 is 11.3 Å². The lowest BCUT2D eigenvalue weighted by Crippen LogP contribution is -2.38. The first-order valence-electron chi connectivity index (χ1n) is 11.7. The minimum atomic E-state index is -0.879. The number of nitriles is 2. The SMILES string of the molecule is COc1cc(/C=c2\sc3n(c2=O)C(N)=C(C#N)[C@H](c2cc(OC)c(OC)c(OC)c2)C=3C#N)cc(OC)c1OC. The summed E-state index contributed by atoms with van der Waals surface area (Å²) in [7, 11) is 8.89. The zero-order valence-corrected chi connectivity index (χ0v) is 23.5. The summed E-state index contributed by atoms with van der Waals surface area (Å²) < 4.78 is 34.4. The minimum absolute atomic E-state index is 0.0394. The molecule has 1 aromatic heterocycles. The highest BCUT2D eigenvalue weighted by molar-refractivity contribution is 7.07. The zero-order chi connectivity index (χ0) is 29.1. The Morgan fingerprint density at radius 3 is 1.70 bits per heavy atom. The van der Waals surface area contributed by atoms with Crippen LogP contribution in [0.3, 0.4) is 0 Å². The normalized spacial score (nSPS) is 14.7. The van der Waals surface area contributed by atoms with Gasteiger partial charge in [0.25, 0.3) is 5.56 Å². The van der Waals surface area contributed by atoms with Crippen molar-refractivity contribution in [1.29, 1.82) is 10.5 Å². The number of aromatic nitrogens is 1. The van der Waals surface area contributed by atoms with Crippen molar-refractivity contribution in [2.24, 2.45) is 5.73 Å². The van der Waals surface area contributed by atoms with E-state index in [0.29, 0.717) is 50.3 Å². The third-order valence-corrected chi connectivity index (χ3v) is 7.50. The number of hydrogen-bond acceptors (Lipinski definition) is 11. The van der Waals surface area contributed by atoms with E-state index >= 15 is 0 Å². The van der Waals surface area contributed by atoms with Gasteiger partial charge in [-0.2, -0.15) is 10.5 Å². The van der Waals surface area contributed by atoms with E-state index in [1.54, 1.807) is 30.3 Å². The van der Waals surface area contributed by atoms with Gasteiger partial charge in [0.15, 0.2) is 23.0 Å². The molecule has 1 atom stereocenters. The third-order valence-electron chi connectivity index (χ3n) is 6.39. The van der Waals surface area contributed by atoms with Crippen molar-refractivity contribution in [3.63, 3.8) is 0 Å². The Morgan fingerprint density at radius 2 is 1.27 bits per heavy atom. The molecule has 1 aliphatic rings. The average Bonchev–Trinajstić information content (AvgIpc) is 3.30. The van der Waals surface area contributed by atoms with Gasteiger partial charge >= 0.3 is 0 Å². The quantitative estimate of drug-likeness (QED) is 0.431. The second kappa shape index (κ2) is 11.4. The number of nitrogens with zero attached hydrogens (tertiary/aromatic N) is 3. The molecule has 0 fully saturated rings. The Balaban J connectivity index is 2.04. The number of fused-ring (bicyclic) bond motifs is 1. The standard InChI is InChI=1S/C28H26N4O7S/c1-34-18-7-14(8-19(35-2)24(18)38-5)9-22-27(33)32-26(31)16(12-29)23(17(13-30)28(32)40-22)15-10-20(36-3)25(39-6)21(11-15)37-4/h7-11,23H,31H2,1-6H3/b22-9-/t23-/m0/s1. The molecule has 3 aromatic rings. The monoisotopic (exact) mass is 562 g/mol. The third kappa shape index (κ3) is 4.44. The molecule has 2 aromatic carbocycles. The van der Waals surface area contributed by atoms with Crippen LogP contribution in [0.1, 0.15) is 17.0 Å². The number of ether oxygens (including phenoxy) is 6. The lowest BCUT2D eigenvalue weighted by atomic mass is 9.84. The lowest BCUT2D eigenvalue weighted by molar-refractivity contribution is 0.324. The summed E-state index contributed by atoms with van der Waals surface area (Å²) in [6.07, 6.45) is 1.63. The van der Waals surface area contributed by atoms with Gasteiger partial charge in [-0.3, -0.25) is 9.36 Å². The van der Waals surface area contributed by atoms with Gasteiger partial charge in [0.1, 0.15) is 10.5 Å². The fourth-order valence-corrected chi connectivity index (χ4v) is 5.72. The van der Waals surface area contributed by atoms with E-state index in [4.69, 9.17) is 34.2 Å². The molecule has 1 aliphatic heterocycles. The van der Waals surface area contributed by atoms with Gasteiger partial charge in [-0.05, 0) is 41.5 Å². The number of allylic oxidation sites excluding steroid dienone is 1. The second-order valence-corrected chi connectivity index (χ2v) is 9.37. The Labute approximate surface area is 233 Å². The van der Waals surface area contributed by atoms with Crippen LogP contribution in [0.2, 0.25) is 0 Å². The van der Waals surface area contributed by atoms with Crippen LogP contribution in [0.5, 0.6) is 34.5 Å². The summed E-state index contributed by atoms with van der Waals surface area (Å²) in [6.45, 7) is 0. The Hall–Kier alpha value is -5.07. The first-order chi connectivity index (χ1) is 19.3. The number of methoxy groups -OCH3 is 6. The molecule has 2 heterocycles. The van der Waals surface area contributed by atoms with E-state index in [1.807, 2.05) is 0 Å². The zero-order valence-electron chi connectivity index (χ0n) is 22.6. The van der Waals surface area contributed by atoms with Crippen molar-refractivity contribution in [1.82, 2.24) is 4.57 Å². The molecule has 0 bridgehead atoms. The Morgan fingerprint density at radius 1 is 0.800 bits per heavy atom. The highest BCUT2D eigenvalue weighted by Gasteiger charge is 2.33. The number of benzene rings is 2. The molecule has 2 N–H and O–H groups in total. The largest absolute Gasteiger partial charge is 0.493 e. The van der Waals surface area contributed by atoms with Crippen LogP contribution < -0.4 is 48.9 Å². The summed E-state index contributed by atoms with van der Waals surface area (Å²) in [6, 6.07) is 11.0. The van der Waals surface area contributed by atoms with Crippen molar-refractivity contribution in [2.45, 2.75) is 5.92 Å².